The standard InChI is InChI=1S/C19H37N5O5S/c1-20(2)19(25)22-7-4-18(16-22)24(17-5-12-28-13-6-17)9-8-21(3)30(26,27)23-10-14-29-15-11-23/h17-18H,4-16H2,1-3H3. The lowest BCUT2D eigenvalue weighted by atomic mass is 10.0. The van der Waals surface area contributed by atoms with Gasteiger partial charge in [-0.1, -0.05) is 0 Å². The van der Waals surface area contributed by atoms with E-state index in [0.29, 0.717) is 52.0 Å². The average Bonchev–Trinajstić information content (AvgIpc) is 3.24. The third-order valence-electron chi connectivity index (χ3n) is 6.31. The fourth-order valence-corrected chi connectivity index (χ4v) is 5.81. The first-order chi connectivity index (χ1) is 14.3. The van der Waals surface area contributed by atoms with Gasteiger partial charge in [-0.3, -0.25) is 4.90 Å². The van der Waals surface area contributed by atoms with Crippen molar-refractivity contribution in [1.29, 1.82) is 0 Å². The van der Waals surface area contributed by atoms with E-state index in [1.807, 2.05) is 4.90 Å². The molecule has 3 heterocycles. The van der Waals surface area contributed by atoms with Crippen LogP contribution in [0, 0.1) is 0 Å². The van der Waals surface area contributed by atoms with Gasteiger partial charge in [0.1, 0.15) is 0 Å². The molecule has 3 rings (SSSR count). The molecule has 0 aromatic heterocycles. The summed E-state index contributed by atoms with van der Waals surface area (Å²) in [6, 6.07) is 0.644. The first-order valence-corrected chi connectivity index (χ1v) is 12.3. The Kier molecular flexibility index (Phi) is 8.33. The molecular formula is C19H37N5O5S. The number of likely N-dealkylation sites (N-methyl/N-ethyl adjacent to an activating group) is 1. The summed E-state index contributed by atoms with van der Waals surface area (Å²) >= 11 is 0. The zero-order chi connectivity index (χ0) is 21.7. The number of amides is 2. The molecule has 2 amide bonds. The Morgan fingerprint density at radius 1 is 0.900 bits per heavy atom. The minimum absolute atomic E-state index is 0.0384. The quantitative estimate of drug-likeness (QED) is 0.534. The van der Waals surface area contributed by atoms with Gasteiger partial charge in [0.15, 0.2) is 0 Å². The summed E-state index contributed by atoms with van der Waals surface area (Å²) < 4.78 is 39.6. The van der Waals surface area contributed by atoms with Crippen LogP contribution in [0.2, 0.25) is 0 Å². The largest absolute Gasteiger partial charge is 0.381 e. The summed E-state index contributed by atoms with van der Waals surface area (Å²) in [6.07, 6.45) is 2.80. The van der Waals surface area contributed by atoms with Gasteiger partial charge in [0.05, 0.1) is 13.2 Å². The Bertz CT molecular complexity index is 664. The number of nitrogens with zero attached hydrogens (tertiary/aromatic N) is 5. The molecule has 0 bridgehead atoms. The fourth-order valence-electron chi connectivity index (χ4n) is 4.50. The van der Waals surface area contributed by atoms with E-state index in [4.69, 9.17) is 9.47 Å². The number of hydrogen-bond donors (Lipinski definition) is 0. The molecule has 0 N–H and O–H groups in total. The second-order valence-corrected chi connectivity index (χ2v) is 10.5. The number of urea groups is 1. The lowest BCUT2D eigenvalue weighted by Gasteiger charge is -2.39. The van der Waals surface area contributed by atoms with E-state index in [-0.39, 0.29) is 12.1 Å². The predicted molar refractivity (Wildman–Crippen MR) is 114 cm³/mol. The summed E-state index contributed by atoms with van der Waals surface area (Å²) in [4.78, 5) is 18.3. The minimum atomic E-state index is -3.48. The van der Waals surface area contributed by atoms with Gasteiger partial charge in [-0.05, 0) is 19.3 Å². The highest BCUT2D eigenvalue weighted by Crippen LogP contribution is 2.24. The van der Waals surface area contributed by atoms with Crippen molar-refractivity contribution >= 4 is 16.2 Å². The Hall–Kier alpha value is -0.980. The molecule has 30 heavy (non-hydrogen) atoms. The molecule has 174 valence electrons. The molecular weight excluding hydrogens is 410 g/mol. The third kappa shape index (κ3) is 5.63. The normalized spacial score (nSPS) is 24.7. The second kappa shape index (κ2) is 10.6. The van der Waals surface area contributed by atoms with E-state index in [0.717, 1.165) is 39.0 Å². The SMILES string of the molecule is CN(C)C(=O)N1CCC(N(CCN(C)S(=O)(=O)N2CCOCC2)C2CCOCC2)C1. The van der Waals surface area contributed by atoms with Gasteiger partial charge < -0.3 is 19.3 Å². The zero-order valence-corrected chi connectivity index (χ0v) is 19.3. The number of likely N-dealkylation sites (tertiary alicyclic amines) is 1. The average molecular weight is 448 g/mol. The van der Waals surface area contributed by atoms with E-state index in [1.165, 1.54) is 8.61 Å². The topological polar surface area (TPSA) is 85.9 Å². The van der Waals surface area contributed by atoms with Crippen LogP contribution in [0.5, 0.6) is 0 Å². The van der Waals surface area contributed by atoms with Crippen LogP contribution in [-0.4, -0.2) is 137 Å². The molecule has 0 saturated carbocycles. The molecule has 3 fully saturated rings. The van der Waals surface area contributed by atoms with Crippen molar-refractivity contribution in [3.05, 3.63) is 0 Å². The molecule has 3 aliphatic heterocycles. The van der Waals surface area contributed by atoms with E-state index < -0.39 is 10.2 Å². The van der Waals surface area contributed by atoms with Gasteiger partial charge in [0, 0.05) is 85.7 Å². The van der Waals surface area contributed by atoms with Crippen molar-refractivity contribution in [3.8, 4) is 0 Å². The molecule has 3 saturated heterocycles. The van der Waals surface area contributed by atoms with E-state index in [2.05, 4.69) is 4.90 Å². The van der Waals surface area contributed by atoms with Gasteiger partial charge >= 0.3 is 6.03 Å². The molecule has 10 nitrogen and oxygen atoms in total. The van der Waals surface area contributed by atoms with Crippen LogP contribution in [0.15, 0.2) is 0 Å². The van der Waals surface area contributed by atoms with Crippen LogP contribution in [0.4, 0.5) is 4.79 Å². The van der Waals surface area contributed by atoms with Gasteiger partial charge in [0.2, 0.25) is 0 Å². The Morgan fingerprint density at radius 2 is 1.53 bits per heavy atom. The lowest BCUT2D eigenvalue weighted by molar-refractivity contribution is 0.0170. The summed E-state index contributed by atoms with van der Waals surface area (Å²) in [5, 5.41) is 0. The van der Waals surface area contributed by atoms with Crippen molar-refractivity contribution in [2.24, 2.45) is 0 Å². The minimum Gasteiger partial charge on any atom is -0.381 e. The van der Waals surface area contributed by atoms with Crippen LogP contribution in [0.3, 0.4) is 0 Å². The van der Waals surface area contributed by atoms with Crippen molar-refractivity contribution in [2.75, 3.05) is 86.8 Å². The number of carbonyl (C=O) groups is 1. The molecule has 3 aliphatic rings. The van der Waals surface area contributed by atoms with Crippen LogP contribution < -0.4 is 0 Å². The van der Waals surface area contributed by atoms with Crippen LogP contribution in [0.1, 0.15) is 19.3 Å². The third-order valence-corrected chi connectivity index (χ3v) is 8.30. The second-order valence-electron chi connectivity index (χ2n) is 8.49. The Labute approximate surface area is 180 Å². The van der Waals surface area contributed by atoms with Crippen molar-refractivity contribution in [3.63, 3.8) is 0 Å². The highest BCUT2D eigenvalue weighted by molar-refractivity contribution is 7.86. The van der Waals surface area contributed by atoms with Crippen molar-refractivity contribution in [2.45, 2.75) is 31.3 Å². The highest BCUT2D eigenvalue weighted by Gasteiger charge is 2.36. The maximum absolute atomic E-state index is 12.9. The maximum atomic E-state index is 12.9. The van der Waals surface area contributed by atoms with E-state index >= 15 is 0 Å². The summed E-state index contributed by atoms with van der Waals surface area (Å²) in [5.41, 5.74) is 0. The predicted octanol–water partition coefficient (Wildman–Crippen LogP) is -0.268. The molecule has 0 spiro atoms. The summed E-state index contributed by atoms with van der Waals surface area (Å²) in [6.45, 7) is 5.66. The van der Waals surface area contributed by atoms with E-state index in [9.17, 15) is 13.2 Å². The Balaban J connectivity index is 1.63. The fraction of sp³-hybridized carbons (Fsp3) is 0.947. The molecule has 0 aliphatic carbocycles. The van der Waals surface area contributed by atoms with Gasteiger partial charge in [-0.25, -0.2) is 4.79 Å². The number of ether oxygens (including phenoxy) is 2. The summed E-state index contributed by atoms with van der Waals surface area (Å²) in [7, 11) is 1.72. The zero-order valence-electron chi connectivity index (χ0n) is 18.5. The van der Waals surface area contributed by atoms with Gasteiger partial charge in [0.25, 0.3) is 10.2 Å². The van der Waals surface area contributed by atoms with Crippen LogP contribution in [-0.2, 0) is 19.7 Å². The maximum Gasteiger partial charge on any atom is 0.319 e. The molecule has 1 atom stereocenters. The number of hydrogen-bond acceptors (Lipinski definition) is 6. The van der Waals surface area contributed by atoms with E-state index in [1.54, 1.807) is 26.0 Å². The Morgan fingerprint density at radius 3 is 2.17 bits per heavy atom. The van der Waals surface area contributed by atoms with Crippen LogP contribution >= 0.6 is 0 Å². The first kappa shape index (κ1) is 23.7. The van der Waals surface area contributed by atoms with Gasteiger partial charge in [-0.2, -0.15) is 17.0 Å². The lowest BCUT2D eigenvalue weighted by Crippen LogP contribution is -2.52. The van der Waals surface area contributed by atoms with Crippen molar-refractivity contribution in [1.82, 2.24) is 23.3 Å². The monoisotopic (exact) mass is 447 g/mol. The first-order valence-electron chi connectivity index (χ1n) is 10.9. The molecule has 0 aromatic carbocycles. The summed E-state index contributed by atoms with van der Waals surface area (Å²) in [5.74, 6) is 0. The molecule has 11 heteroatoms. The highest BCUT2D eigenvalue weighted by atomic mass is 32.2. The number of rotatable bonds is 7. The number of morpholine rings is 1. The molecule has 0 aromatic rings. The molecule has 1 unspecified atom stereocenters. The van der Waals surface area contributed by atoms with Gasteiger partial charge in [-0.15, -0.1) is 0 Å². The smallest absolute Gasteiger partial charge is 0.319 e. The number of carbonyl (C=O) groups excluding carboxylic acids is 1. The van der Waals surface area contributed by atoms with Crippen LogP contribution in [0.25, 0.3) is 0 Å². The molecule has 0 radical (unpaired) electrons. The van der Waals surface area contributed by atoms with Crippen molar-refractivity contribution < 1.29 is 22.7 Å².